The Bertz CT molecular complexity index is 308. The SMILES string of the molecule is CC1CCNC(C(=O)NC2CC3CCC2O3)C1. The van der Waals surface area contributed by atoms with Gasteiger partial charge in [-0.2, -0.15) is 0 Å². The topological polar surface area (TPSA) is 50.4 Å². The molecule has 96 valence electrons. The van der Waals surface area contributed by atoms with Crippen molar-refractivity contribution in [1.29, 1.82) is 0 Å². The molecule has 0 aliphatic carbocycles. The Balaban J connectivity index is 1.53. The van der Waals surface area contributed by atoms with E-state index in [-0.39, 0.29) is 24.1 Å². The van der Waals surface area contributed by atoms with Gasteiger partial charge in [0.1, 0.15) is 0 Å². The minimum atomic E-state index is 0.0119. The first-order chi connectivity index (χ1) is 8.22. The molecule has 2 bridgehead atoms. The Morgan fingerprint density at radius 3 is 2.82 bits per heavy atom. The van der Waals surface area contributed by atoms with E-state index in [4.69, 9.17) is 4.74 Å². The van der Waals surface area contributed by atoms with Crippen molar-refractivity contribution in [2.24, 2.45) is 5.92 Å². The molecule has 3 fully saturated rings. The number of carbonyl (C=O) groups is 1. The molecule has 0 radical (unpaired) electrons. The predicted molar refractivity (Wildman–Crippen MR) is 64.6 cm³/mol. The highest BCUT2D eigenvalue weighted by Crippen LogP contribution is 2.34. The van der Waals surface area contributed by atoms with Gasteiger partial charge in [0, 0.05) is 0 Å². The highest BCUT2D eigenvalue weighted by Gasteiger charge is 2.42. The summed E-state index contributed by atoms with van der Waals surface area (Å²) in [5, 5.41) is 6.49. The maximum absolute atomic E-state index is 12.1. The average Bonchev–Trinajstić information content (AvgIpc) is 2.91. The second kappa shape index (κ2) is 4.58. The van der Waals surface area contributed by atoms with Gasteiger partial charge in [0.2, 0.25) is 5.91 Å². The van der Waals surface area contributed by atoms with Crippen LogP contribution in [0.2, 0.25) is 0 Å². The zero-order valence-corrected chi connectivity index (χ0v) is 10.4. The van der Waals surface area contributed by atoms with Crippen molar-refractivity contribution in [2.75, 3.05) is 6.54 Å². The van der Waals surface area contributed by atoms with E-state index >= 15 is 0 Å². The summed E-state index contributed by atoms with van der Waals surface area (Å²) in [5.41, 5.74) is 0. The number of piperidine rings is 1. The molecule has 3 saturated heterocycles. The smallest absolute Gasteiger partial charge is 0.237 e. The third-order valence-electron chi connectivity index (χ3n) is 4.42. The summed E-state index contributed by atoms with van der Waals surface area (Å²) in [6, 6.07) is 0.276. The molecule has 1 amide bonds. The lowest BCUT2D eigenvalue weighted by atomic mass is 9.92. The fourth-order valence-electron chi connectivity index (χ4n) is 3.38. The lowest BCUT2D eigenvalue weighted by Gasteiger charge is -2.29. The minimum absolute atomic E-state index is 0.0119. The fraction of sp³-hybridized carbons (Fsp3) is 0.923. The molecule has 0 aromatic heterocycles. The van der Waals surface area contributed by atoms with Crippen LogP contribution in [0.5, 0.6) is 0 Å². The first kappa shape index (κ1) is 11.5. The lowest BCUT2D eigenvalue weighted by molar-refractivity contribution is -0.125. The number of carbonyl (C=O) groups excluding carboxylic acids is 1. The van der Waals surface area contributed by atoms with Crippen molar-refractivity contribution in [3.8, 4) is 0 Å². The zero-order chi connectivity index (χ0) is 11.8. The normalized spacial score (nSPS) is 44.9. The maximum atomic E-state index is 12.1. The third-order valence-corrected chi connectivity index (χ3v) is 4.42. The van der Waals surface area contributed by atoms with E-state index in [0.29, 0.717) is 12.0 Å². The van der Waals surface area contributed by atoms with E-state index in [1.807, 2.05) is 0 Å². The van der Waals surface area contributed by atoms with Gasteiger partial charge < -0.3 is 15.4 Å². The largest absolute Gasteiger partial charge is 0.373 e. The summed E-state index contributed by atoms with van der Waals surface area (Å²) in [6.45, 7) is 3.19. The van der Waals surface area contributed by atoms with Crippen LogP contribution < -0.4 is 10.6 Å². The number of ether oxygens (including phenoxy) is 1. The molecule has 3 aliphatic rings. The number of hydrogen-bond acceptors (Lipinski definition) is 3. The van der Waals surface area contributed by atoms with Crippen LogP contribution in [-0.2, 0) is 9.53 Å². The van der Waals surface area contributed by atoms with Gasteiger partial charge in [-0.25, -0.2) is 0 Å². The molecule has 2 N–H and O–H groups in total. The molecule has 4 nitrogen and oxygen atoms in total. The summed E-state index contributed by atoms with van der Waals surface area (Å²) >= 11 is 0. The molecule has 0 aromatic carbocycles. The van der Waals surface area contributed by atoms with Gasteiger partial charge in [-0.05, 0) is 44.6 Å². The molecule has 3 aliphatic heterocycles. The van der Waals surface area contributed by atoms with Crippen molar-refractivity contribution in [2.45, 2.75) is 63.3 Å². The predicted octanol–water partition coefficient (Wildman–Crippen LogP) is 0.811. The molecule has 5 unspecified atom stereocenters. The standard InChI is InChI=1S/C13H22N2O2/c1-8-4-5-14-11(6-8)13(16)15-10-7-9-2-3-12(10)17-9/h8-12,14H,2-7H2,1H3,(H,15,16). The summed E-state index contributed by atoms with van der Waals surface area (Å²) in [7, 11) is 0. The quantitative estimate of drug-likeness (QED) is 0.748. The molecule has 5 atom stereocenters. The van der Waals surface area contributed by atoms with Crippen molar-refractivity contribution < 1.29 is 9.53 Å². The molecule has 3 heterocycles. The first-order valence-electron chi connectivity index (χ1n) is 6.91. The van der Waals surface area contributed by atoms with E-state index in [0.717, 1.165) is 25.8 Å². The average molecular weight is 238 g/mol. The summed E-state index contributed by atoms with van der Waals surface area (Å²) in [4.78, 5) is 12.1. The number of nitrogens with one attached hydrogen (secondary N) is 2. The van der Waals surface area contributed by atoms with E-state index < -0.39 is 0 Å². The Hall–Kier alpha value is -0.610. The highest BCUT2D eigenvalue weighted by atomic mass is 16.5. The van der Waals surface area contributed by atoms with Gasteiger partial charge >= 0.3 is 0 Å². The Kier molecular flexibility index (Phi) is 3.09. The molecular weight excluding hydrogens is 216 g/mol. The van der Waals surface area contributed by atoms with E-state index in [2.05, 4.69) is 17.6 Å². The van der Waals surface area contributed by atoms with Gasteiger partial charge in [0.15, 0.2) is 0 Å². The van der Waals surface area contributed by atoms with Crippen LogP contribution in [0, 0.1) is 5.92 Å². The van der Waals surface area contributed by atoms with Gasteiger partial charge in [0.05, 0.1) is 24.3 Å². The van der Waals surface area contributed by atoms with E-state index in [9.17, 15) is 4.79 Å². The van der Waals surface area contributed by atoms with Crippen LogP contribution in [0.1, 0.15) is 39.0 Å². The lowest BCUT2D eigenvalue weighted by Crippen LogP contribution is -2.52. The van der Waals surface area contributed by atoms with Gasteiger partial charge in [0.25, 0.3) is 0 Å². The van der Waals surface area contributed by atoms with Gasteiger partial charge in [-0.15, -0.1) is 0 Å². The number of rotatable bonds is 2. The van der Waals surface area contributed by atoms with Gasteiger partial charge in [-0.3, -0.25) is 4.79 Å². The van der Waals surface area contributed by atoms with Crippen LogP contribution >= 0.6 is 0 Å². The van der Waals surface area contributed by atoms with Crippen LogP contribution in [-0.4, -0.2) is 36.7 Å². The van der Waals surface area contributed by atoms with E-state index in [1.165, 1.54) is 12.8 Å². The molecule has 3 rings (SSSR count). The Morgan fingerprint density at radius 2 is 2.18 bits per heavy atom. The summed E-state index contributed by atoms with van der Waals surface area (Å²) < 4.78 is 5.76. The summed E-state index contributed by atoms with van der Waals surface area (Å²) in [6.07, 6.45) is 6.14. The first-order valence-corrected chi connectivity index (χ1v) is 6.91. The molecular formula is C13H22N2O2. The van der Waals surface area contributed by atoms with Gasteiger partial charge in [-0.1, -0.05) is 6.92 Å². The Morgan fingerprint density at radius 1 is 1.29 bits per heavy atom. The maximum Gasteiger partial charge on any atom is 0.237 e. The van der Waals surface area contributed by atoms with Crippen molar-refractivity contribution >= 4 is 5.91 Å². The highest BCUT2D eigenvalue weighted by molar-refractivity contribution is 5.82. The second-order valence-electron chi connectivity index (χ2n) is 5.86. The Labute approximate surface area is 102 Å². The van der Waals surface area contributed by atoms with Crippen molar-refractivity contribution in [3.05, 3.63) is 0 Å². The van der Waals surface area contributed by atoms with Crippen LogP contribution in [0.3, 0.4) is 0 Å². The fourth-order valence-corrected chi connectivity index (χ4v) is 3.38. The minimum Gasteiger partial charge on any atom is -0.373 e. The number of hydrogen-bond donors (Lipinski definition) is 2. The third kappa shape index (κ3) is 2.33. The number of fused-ring (bicyclic) bond motifs is 2. The van der Waals surface area contributed by atoms with Crippen LogP contribution in [0.15, 0.2) is 0 Å². The van der Waals surface area contributed by atoms with Crippen molar-refractivity contribution in [1.82, 2.24) is 10.6 Å². The number of amides is 1. The van der Waals surface area contributed by atoms with Crippen LogP contribution in [0.25, 0.3) is 0 Å². The monoisotopic (exact) mass is 238 g/mol. The molecule has 0 spiro atoms. The second-order valence-corrected chi connectivity index (χ2v) is 5.86. The molecule has 4 heteroatoms. The molecule has 0 saturated carbocycles. The molecule has 17 heavy (non-hydrogen) atoms. The van der Waals surface area contributed by atoms with E-state index in [1.54, 1.807) is 0 Å². The summed E-state index contributed by atoms with van der Waals surface area (Å²) in [5.74, 6) is 0.834. The zero-order valence-electron chi connectivity index (χ0n) is 10.4. The van der Waals surface area contributed by atoms with Crippen LogP contribution in [0.4, 0.5) is 0 Å². The van der Waals surface area contributed by atoms with Crippen molar-refractivity contribution in [3.63, 3.8) is 0 Å². The molecule has 0 aromatic rings.